The van der Waals surface area contributed by atoms with Gasteiger partial charge in [0.15, 0.2) is 5.82 Å². The van der Waals surface area contributed by atoms with Crippen LogP contribution in [0.1, 0.15) is 26.5 Å². The fourth-order valence-corrected chi connectivity index (χ4v) is 1.50. The molecule has 0 atom stereocenters. The van der Waals surface area contributed by atoms with Crippen LogP contribution in [0.2, 0.25) is 0 Å². The Morgan fingerprint density at radius 2 is 1.94 bits per heavy atom. The maximum atomic E-state index is 4.58. The molecule has 0 radical (unpaired) electrons. The molecular formula is C13H17N5. The van der Waals surface area contributed by atoms with Crippen molar-refractivity contribution in [1.82, 2.24) is 19.9 Å². The molecule has 5 nitrogen and oxygen atoms in total. The highest BCUT2D eigenvalue weighted by Crippen LogP contribution is 2.24. The van der Waals surface area contributed by atoms with Gasteiger partial charge in [0.25, 0.3) is 0 Å². The molecule has 0 spiro atoms. The van der Waals surface area contributed by atoms with Gasteiger partial charge in [-0.15, -0.1) is 0 Å². The van der Waals surface area contributed by atoms with Gasteiger partial charge in [0.1, 0.15) is 17.8 Å². The smallest absolute Gasteiger partial charge is 0.180 e. The fourth-order valence-electron chi connectivity index (χ4n) is 1.50. The van der Waals surface area contributed by atoms with Crippen molar-refractivity contribution in [2.45, 2.75) is 26.2 Å². The first-order chi connectivity index (χ1) is 8.50. The van der Waals surface area contributed by atoms with Crippen LogP contribution in [0.25, 0.3) is 11.5 Å². The van der Waals surface area contributed by atoms with Crippen LogP contribution in [0.4, 0.5) is 5.82 Å². The SMILES string of the molecule is CNc1cc(C(C)(C)C)nc(-c2ccncn2)n1. The van der Waals surface area contributed by atoms with E-state index in [9.17, 15) is 0 Å². The summed E-state index contributed by atoms with van der Waals surface area (Å²) in [6.07, 6.45) is 3.19. The van der Waals surface area contributed by atoms with E-state index < -0.39 is 0 Å². The van der Waals surface area contributed by atoms with Crippen LogP contribution in [0.15, 0.2) is 24.7 Å². The zero-order valence-corrected chi connectivity index (χ0v) is 11.1. The summed E-state index contributed by atoms with van der Waals surface area (Å²) in [6.45, 7) is 6.37. The van der Waals surface area contributed by atoms with E-state index in [-0.39, 0.29) is 5.41 Å². The predicted molar refractivity (Wildman–Crippen MR) is 71.3 cm³/mol. The van der Waals surface area contributed by atoms with Crippen LogP contribution in [0, 0.1) is 0 Å². The van der Waals surface area contributed by atoms with Gasteiger partial charge < -0.3 is 5.32 Å². The number of aromatic nitrogens is 4. The summed E-state index contributed by atoms with van der Waals surface area (Å²) in [5.74, 6) is 1.41. The summed E-state index contributed by atoms with van der Waals surface area (Å²) in [5, 5.41) is 3.06. The lowest BCUT2D eigenvalue weighted by Crippen LogP contribution is -2.15. The Morgan fingerprint density at radius 1 is 1.17 bits per heavy atom. The molecule has 2 heterocycles. The van der Waals surface area contributed by atoms with Crippen molar-refractivity contribution in [3.63, 3.8) is 0 Å². The second kappa shape index (κ2) is 4.68. The van der Waals surface area contributed by atoms with Crippen LogP contribution >= 0.6 is 0 Å². The van der Waals surface area contributed by atoms with Gasteiger partial charge in [0.2, 0.25) is 0 Å². The highest BCUT2D eigenvalue weighted by Gasteiger charge is 2.18. The van der Waals surface area contributed by atoms with Crippen molar-refractivity contribution < 1.29 is 0 Å². The highest BCUT2D eigenvalue weighted by atomic mass is 15.0. The minimum Gasteiger partial charge on any atom is -0.373 e. The van der Waals surface area contributed by atoms with Gasteiger partial charge in [0.05, 0.1) is 5.69 Å². The molecule has 0 saturated carbocycles. The second-order valence-corrected chi connectivity index (χ2v) is 5.06. The number of hydrogen-bond acceptors (Lipinski definition) is 5. The Labute approximate surface area is 107 Å². The fraction of sp³-hybridized carbons (Fsp3) is 0.385. The molecule has 0 saturated heterocycles. The molecule has 0 fully saturated rings. The normalized spacial score (nSPS) is 11.3. The van der Waals surface area contributed by atoms with E-state index in [2.05, 4.69) is 46.0 Å². The molecule has 94 valence electrons. The van der Waals surface area contributed by atoms with E-state index in [1.165, 1.54) is 6.33 Å². The molecule has 0 aromatic carbocycles. The van der Waals surface area contributed by atoms with Crippen LogP contribution < -0.4 is 5.32 Å². The minimum absolute atomic E-state index is 0.0314. The van der Waals surface area contributed by atoms with Gasteiger partial charge in [-0.25, -0.2) is 19.9 Å². The lowest BCUT2D eigenvalue weighted by molar-refractivity contribution is 0.568. The van der Waals surface area contributed by atoms with Gasteiger partial charge in [-0.1, -0.05) is 20.8 Å². The van der Waals surface area contributed by atoms with Crippen molar-refractivity contribution in [1.29, 1.82) is 0 Å². The van der Waals surface area contributed by atoms with Crippen molar-refractivity contribution in [2.24, 2.45) is 0 Å². The van der Waals surface area contributed by atoms with Crippen LogP contribution in [-0.2, 0) is 5.41 Å². The van der Waals surface area contributed by atoms with Crippen LogP contribution in [0.3, 0.4) is 0 Å². The maximum Gasteiger partial charge on any atom is 0.180 e. The summed E-state index contributed by atoms with van der Waals surface area (Å²) in [6, 6.07) is 3.77. The quantitative estimate of drug-likeness (QED) is 0.876. The lowest BCUT2D eigenvalue weighted by atomic mass is 9.92. The number of hydrogen-bond donors (Lipinski definition) is 1. The first-order valence-electron chi connectivity index (χ1n) is 5.84. The van der Waals surface area contributed by atoms with Crippen molar-refractivity contribution in [3.05, 3.63) is 30.4 Å². The minimum atomic E-state index is -0.0314. The lowest BCUT2D eigenvalue weighted by Gasteiger charge is -2.19. The molecular weight excluding hydrogens is 226 g/mol. The third-order valence-corrected chi connectivity index (χ3v) is 2.56. The van der Waals surface area contributed by atoms with Crippen LogP contribution in [0.5, 0.6) is 0 Å². The molecule has 0 amide bonds. The van der Waals surface area contributed by atoms with Gasteiger partial charge in [-0.05, 0) is 6.07 Å². The molecule has 2 aromatic heterocycles. The van der Waals surface area contributed by atoms with Gasteiger partial charge in [0, 0.05) is 24.7 Å². The summed E-state index contributed by atoms with van der Waals surface area (Å²) in [5.41, 5.74) is 1.68. The van der Waals surface area contributed by atoms with Crippen molar-refractivity contribution in [3.8, 4) is 11.5 Å². The van der Waals surface area contributed by atoms with Crippen molar-refractivity contribution in [2.75, 3.05) is 12.4 Å². The largest absolute Gasteiger partial charge is 0.373 e. The third-order valence-electron chi connectivity index (χ3n) is 2.56. The monoisotopic (exact) mass is 243 g/mol. The molecule has 2 aromatic rings. The molecule has 5 heteroatoms. The van der Waals surface area contributed by atoms with E-state index in [1.807, 2.05) is 13.1 Å². The maximum absolute atomic E-state index is 4.58. The van der Waals surface area contributed by atoms with E-state index in [4.69, 9.17) is 0 Å². The Bertz CT molecular complexity index is 531. The first kappa shape index (κ1) is 12.4. The Hall–Kier alpha value is -2.04. The summed E-state index contributed by atoms with van der Waals surface area (Å²) in [7, 11) is 1.85. The van der Waals surface area contributed by atoms with Gasteiger partial charge in [-0.3, -0.25) is 0 Å². The average molecular weight is 243 g/mol. The van der Waals surface area contributed by atoms with E-state index in [1.54, 1.807) is 12.3 Å². The highest BCUT2D eigenvalue weighted by molar-refractivity contribution is 5.52. The first-order valence-corrected chi connectivity index (χ1v) is 5.84. The Balaban J connectivity index is 2.55. The zero-order chi connectivity index (χ0) is 13.2. The average Bonchev–Trinajstić information content (AvgIpc) is 2.38. The molecule has 0 aliphatic heterocycles. The summed E-state index contributed by atoms with van der Waals surface area (Å²) < 4.78 is 0. The van der Waals surface area contributed by atoms with Gasteiger partial charge in [-0.2, -0.15) is 0 Å². The second-order valence-electron chi connectivity index (χ2n) is 5.06. The van der Waals surface area contributed by atoms with Crippen molar-refractivity contribution >= 4 is 5.82 Å². The molecule has 0 bridgehead atoms. The molecule has 2 rings (SSSR count). The molecule has 0 aliphatic carbocycles. The van der Waals surface area contributed by atoms with Gasteiger partial charge >= 0.3 is 0 Å². The van der Waals surface area contributed by atoms with E-state index >= 15 is 0 Å². The number of rotatable bonds is 2. The standard InChI is InChI=1S/C13H17N5/c1-13(2,3)10-7-11(14-4)18-12(17-10)9-5-6-15-8-16-9/h5-8H,1-4H3,(H,14,17,18). The summed E-state index contributed by atoms with van der Waals surface area (Å²) in [4.78, 5) is 17.1. The topological polar surface area (TPSA) is 63.6 Å². The van der Waals surface area contributed by atoms with E-state index in [0.29, 0.717) is 5.82 Å². The number of anilines is 1. The van der Waals surface area contributed by atoms with Crippen LogP contribution in [-0.4, -0.2) is 27.0 Å². The molecule has 0 unspecified atom stereocenters. The number of nitrogens with zero attached hydrogens (tertiary/aromatic N) is 4. The zero-order valence-electron chi connectivity index (χ0n) is 11.1. The molecule has 1 N–H and O–H groups in total. The third kappa shape index (κ3) is 2.61. The molecule has 18 heavy (non-hydrogen) atoms. The molecule has 0 aliphatic rings. The predicted octanol–water partition coefficient (Wildman–Crippen LogP) is 2.27. The Kier molecular flexibility index (Phi) is 3.23. The van der Waals surface area contributed by atoms with E-state index in [0.717, 1.165) is 17.2 Å². The Morgan fingerprint density at radius 3 is 2.50 bits per heavy atom. The number of nitrogens with one attached hydrogen (secondary N) is 1. The summed E-state index contributed by atoms with van der Waals surface area (Å²) >= 11 is 0.